The highest BCUT2D eigenvalue weighted by molar-refractivity contribution is 5.87. The Morgan fingerprint density at radius 2 is 2.11 bits per heavy atom. The molecule has 1 heterocycles. The molecule has 1 fully saturated rings. The number of carboxylic acid groups (broad SMARTS) is 1. The molecule has 4 heteroatoms. The fraction of sp³-hybridized carbons (Fsp3) is 0.500. The van der Waals surface area contributed by atoms with Crippen LogP contribution in [0.4, 0.5) is 0 Å². The highest BCUT2D eigenvalue weighted by Gasteiger charge is 2.22. The van der Waals surface area contributed by atoms with Gasteiger partial charge in [-0.15, -0.1) is 0 Å². The lowest BCUT2D eigenvalue weighted by Gasteiger charge is -2.35. The van der Waals surface area contributed by atoms with Crippen LogP contribution in [0.5, 0.6) is 0 Å². The number of piperidine rings is 1. The minimum absolute atomic E-state index is 0.315. The summed E-state index contributed by atoms with van der Waals surface area (Å²) in [5.41, 5.74) is 7.49. The van der Waals surface area contributed by atoms with Gasteiger partial charge in [0.05, 0.1) is 5.56 Å². The molecule has 1 saturated heterocycles. The summed E-state index contributed by atoms with van der Waals surface area (Å²) >= 11 is 0. The van der Waals surface area contributed by atoms with Crippen LogP contribution < -0.4 is 5.73 Å². The normalized spacial score (nSPS) is 25.0. The Bertz CT molecular complexity index is 416. The summed E-state index contributed by atoms with van der Waals surface area (Å²) in [6.45, 7) is 5.09. The van der Waals surface area contributed by atoms with E-state index in [0.717, 1.165) is 31.6 Å². The van der Waals surface area contributed by atoms with Crippen LogP contribution in [0.25, 0.3) is 0 Å². The standard InChI is InChI=1S/C14H20N2O2/c1-10-8-16(7-6-13(10)15)9-11-2-4-12(5-3-11)14(17)18/h2-5,10,13H,6-9,15H2,1H3,(H,17,18). The van der Waals surface area contributed by atoms with E-state index in [-0.39, 0.29) is 0 Å². The van der Waals surface area contributed by atoms with Gasteiger partial charge < -0.3 is 10.8 Å². The first-order chi connectivity index (χ1) is 8.56. The van der Waals surface area contributed by atoms with Crippen molar-refractivity contribution in [2.45, 2.75) is 25.9 Å². The van der Waals surface area contributed by atoms with E-state index >= 15 is 0 Å². The smallest absolute Gasteiger partial charge is 0.335 e. The molecule has 1 aliphatic heterocycles. The van der Waals surface area contributed by atoms with E-state index < -0.39 is 5.97 Å². The predicted molar refractivity (Wildman–Crippen MR) is 70.4 cm³/mol. The van der Waals surface area contributed by atoms with Crippen molar-refractivity contribution in [3.8, 4) is 0 Å². The molecule has 2 atom stereocenters. The first-order valence-electron chi connectivity index (χ1n) is 6.36. The number of nitrogens with two attached hydrogens (primary N) is 1. The van der Waals surface area contributed by atoms with Crippen LogP contribution in [0.2, 0.25) is 0 Å². The molecular weight excluding hydrogens is 228 g/mol. The number of nitrogens with zero attached hydrogens (tertiary/aromatic N) is 1. The lowest BCUT2D eigenvalue weighted by molar-refractivity contribution is 0.0697. The monoisotopic (exact) mass is 248 g/mol. The maximum Gasteiger partial charge on any atom is 0.335 e. The Morgan fingerprint density at radius 3 is 2.67 bits per heavy atom. The molecule has 0 aliphatic carbocycles. The molecule has 0 saturated carbocycles. The number of rotatable bonds is 3. The molecule has 4 nitrogen and oxygen atoms in total. The predicted octanol–water partition coefficient (Wildman–Crippen LogP) is 1.55. The quantitative estimate of drug-likeness (QED) is 0.851. The molecule has 98 valence electrons. The van der Waals surface area contributed by atoms with Gasteiger partial charge in [-0.05, 0) is 36.6 Å². The summed E-state index contributed by atoms with van der Waals surface area (Å²) in [5, 5.41) is 8.84. The zero-order valence-electron chi connectivity index (χ0n) is 10.7. The molecule has 0 spiro atoms. The second kappa shape index (κ2) is 5.50. The van der Waals surface area contributed by atoms with E-state index in [2.05, 4.69) is 11.8 Å². The summed E-state index contributed by atoms with van der Waals surface area (Å²) in [5.74, 6) is -0.351. The van der Waals surface area contributed by atoms with Gasteiger partial charge in [0.25, 0.3) is 0 Å². The molecule has 18 heavy (non-hydrogen) atoms. The van der Waals surface area contributed by atoms with E-state index in [0.29, 0.717) is 17.5 Å². The molecule has 2 rings (SSSR count). The van der Waals surface area contributed by atoms with E-state index in [1.54, 1.807) is 12.1 Å². The van der Waals surface area contributed by atoms with E-state index in [4.69, 9.17) is 10.8 Å². The van der Waals surface area contributed by atoms with Crippen LogP contribution in [-0.2, 0) is 6.54 Å². The second-order valence-electron chi connectivity index (χ2n) is 5.17. The topological polar surface area (TPSA) is 66.6 Å². The molecular formula is C14H20N2O2. The summed E-state index contributed by atoms with van der Waals surface area (Å²) < 4.78 is 0. The molecule has 3 N–H and O–H groups in total. The van der Waals surface area contributed by atoms with Crippen molar-refractivity contribution in [1.82, 2.24) is 4.90 Å². The average molecular weight is 248 g/mol. The molecule has 0 radical (unpaired) electrons. The molecule has 1 aromatic carbocycles. The van der Waals surface area contributed by atoms with Crippen LogP contribution in [0, 0.1) is 5.92 Å². The van der Waals surface area contributed by atoms with Crippen molar-refractivity contribution in [3.63, 3.8) is 0 Å². The van der Waals surface area contributed by atoms with Crippen molar-refractivity contribution >= 4 is 5.97 Å². The summed E-state index contributed by atoms with van der Waals surface area (Å²) in [6, 6.07) is 7.43. The van der Waals surface area contributed by atoms with Crippen molar-refractivity contribution in [2.75, 3.05) is 13.1 Å². The molecule has 2 unspecified atom stereocenters. The summed E-state index contributed by atoms with van der Waals surface area (Å²) in [7, 11) is 0. The lowest BCUT2D eigenvalue weighted by atomic mass is 9.94. The highest BCUT2D eigenvalue weighted by atomic mass is 16.4. The molecule has 1 aromatic rings. The number of likely N-dealkylation sites (tertiary alicyclic amines) is 1. The van der Waals surface area contributed by atoms with Crippen molar-refractivity contribution in [2.24, 2.45) is 11.7 Å². The third kappa shape index (κ3) is 3.09. The first kappa shape index (κ1) is 13.1. The third-order valence-electron chi connectivity index (χ3n) is 3.66. The third-order valence-corrected chi connectivity index (χ3v) is 3.66. The molecule has 0 aromatic heterocycles. The van der Waals surface area contributed by atoms with E-state index in [1.165, 1.54) is 0 Å². The molecule has 1 aliphatic rings. The van der Waals surface area contributed by atoms with Gasteiger partial charge >= 0.3 is 5.97 Å². The van der Waals surface area contributed by atoms with Gasteiger partial charge in [0.1, 0.15) is 0 Å². The minimum Gasteiger partial charge on any atom is -0.478 e. The Labute approximate surface area is 107 Å². The number of carboxylic acids is 1. The summed E-state index contributed by atoms with van der Waals surface area (Å²) in [6.07, 6.45) is 1.04. The minimum atomic E-state index is -0.876. The number of hydrogen-bond acceptors (Lipinski definition) is 3. The van der Waals surface area contributed by atoms with Crippen LogP contribution in [0.15, 0.2) is 24.3 Å². The maximum absolute atomic E-state index is 10.8. The fourth-order valence-corrected chi connectivity index (χ4v) is 2.40. The summed E-state index contributed by atoms with van der Waals surface area (Å²) in [4.78, 5) is 13.1. The van der Waals surface area contributed by atoms with Gasteiger partial charge in [-0.25, -0.2) is 4.79 Å². The van der Waals surface area contributed by atoms with Gasteiger partial charge in [0, 0.05) is 19.1 Å². The zero-order chi connectivity index (χ0) is 13.1. The van der Waals surface area contributed by atoms with Gasteiger partial charge in [-0.3, -0.25) is 4.90 Å². The Balaban J connectivity index is 1.95. The lowest BCUT2D eigenvalue weighted by Crippen LogP contribution is -2.45. The van der Waals surface area contributed by atoms with Gasteiger partial charge in [-0.2, -0.15) is 0 Å². The molecule has 0 amide bonds. The van der Waals surface area contributed by atoms with E-state index in [1.807, 2.05) is 12.1 Å². The van der Waals surface area contributed by atoms with Crippen LogP contribution in [0.3, 0.4) is 0 Å². The van der Waals surface area contributed by atoms with Crippen LogP contribution in [-0.4, -0.2) is 35.1 Å². The Hall–Kier alpha value is -1.39. The van der Waals surface area contributed by atoms with Gasteiger partial charge in [-0.1, -0.05) is 19.1 Å². The Kier molecular flexibility index (Phi) is 3.99. The van der Waals surface area contributed by atoms with Crippen LogP contribution >= 0.6 is 0 Å². The van der Waals surface area contributed by atoms with Crippen molar-refractivity contribution < 1.29 is 9.90 Å². The van der Waals surface area contributed by atoms with Crippen molar-refractivity contribution in [3.05, 3.63) is 35.4 Å². The largest absolute Gasteiger partial charge is 0.478 e. The molecule has 0 bridgehead atoms. The van der Waals surface area contributed by atoms with Gasteiger partial charge in [0.15, 0.2) is 0 Å². The average Bonchev–Trinajstić information content (AvgIpc) is 2.34. The number of hydrogen-bond donors (Lipinski definition) is 2. The van der Waals surface area contributed by atoms with Crippen molar-refractivity contribution in [1.29, 1.82) is 0 Å². The maximum atomic E-state index is 10.8. The fourth-order valence-electron chi connectivity index (χ4n) is 2.40. The highest BCUT2D eigenvalue weighted by Crippen LogP contribution is 2.17. The zero-order valence-corrected chi connectivity index (χ0v) is 10.7. The van der Waals surface area contributed by atoms with Crippen LogP contribution in [0.1, 0.15) is 29.3 Å². The SMILES string of the molecule is CC1CN(Cc2ccc(C(=O)O)cc2)CCC1N. The second-order valence-corrected chi connectivity index (χ2v) is 5.17. The Morgan fingerprint density at radius 1 is 1.44 bits per heavy atom. The van der Waals surface area contributed by atoms with Gasteiger partial charge in [0.2, 0.25) is 0 Å². The van der Waals surface area contributed by atoms with E-state index in [9.17, 15) is 4.79 Å². The first-order valence-corrected chi connectivity index (χ1v) is 6.36. The number of carbonyl (C=O) groups is 1. The number of aromatic carboxylic acids is 1. The number of benzene rings is 1.